The fourth-order valence-corrected chi connectivity index (χ4v) is 5.03. The SMILES string of the molecule is CO[C@@H](Cc1ccc2cc(Cl)ccc2c1)N1CC(=O)N(Cc2ccc3c(N)ncnc3c2)[C@H](C)C1. The van der Waals surface area contributed by atoms with Gasteiger partial charge in [0.15, 0.2) is 0 Å². The molecule has 180 valence electrons. The number of aromatic nitrogens is 2. The summed E-state index contributed by atoms with van der Waals surface area (Å²) in [7, 11) is 1.70. The van der Waals surface area contributed by atoms with Crippen molar-refractivity contribution in [3.63, 3.8) is 0 Å². The molecule has 8 heteroatoms. The Hall–Kier alpha value is -3.26. The Labute approximate surface area is 209 Å². The predicted octanol–water partition coefficient (Wildman–Crippen LogP) is 4.27. The molecular weight excluding hydrogens is 462 g/mol. The van der Waals surface area contributed by atoms with Crippen LogP contribution in [0.4, 0.5) is 5.82 Å². The number of anilines is 1. The fraction of sp³-hybridized carbons (Fsp3) is 0.296. The first kappa shape index (κ1) is 23.5. The van der Waals surface area contributed by atoms with E-state index in [4.69, 9.17) is 22.1 Å². The summed E-state index contributed by atoms with van der Waals surface area (Å²) in [6.07, 6.45) is 1.97. The van der Waals surface area contributed by atoms with Gasteiger partial charge in [0.2, 0.25) is 5.91 Å². The lowest BCUT2D eigenvalue weighted by Crippen LogP contribution is -2.58. The third kappa shape index (κ3) is 4.93. The van der Waals surface area contributed by atoms with Crippen molar-refractivity contribution < 1.29 is 9.53 Å². The van der Waals surface area contributed by atoms with Gasteiger partial charge in [-0.25, -0.2) is 9.97 Å². The van der Waals surface area contributed by atoms with Gasteiger partial charge in [0, 0.05) is 43.1 Å². The molecular formula is C27H28ClN5O2. The van der Waals surface area contributed by atoms with Crippen LogP contribution in [0.3, 0.4) is 0 Å². The summed E-state index contributed by atoms with van der Waals surface area (Å²) >= 11 is 6.12. The minimum atomic E-state index is -0.186. The van der Waals surface area contributed by atoms with Gasteiger partial charge in [-0.2, -0.15) is 0 Å². The number of hydrogen-bond donors (Lipinski definition) is 1. The van der Waals surface area contributed by atoms with Gasteiger partial charge in [-0.05, 0) is 53.1 Å². The van der Waals surface area contributed by atoms with Crippen LogP contribution in [-0.2, 0) is 22.5 Å². The maximum absolute atomic E-state index is 13.2. The van der Waals surface area contributed by atoms with E-state index in [1.807, 2.05) is 41.3 Å². The van der Waals surface area contributed by atoms with Crippen molar-refractivity contribution in [3.8, 4) is 0 Å². The lowest BCUT2D eigenvalue weighted by Gasteiger charge is -2.42. The van der Waals surface area contributed by atoms with E-state index in [9.17, 15) is 4.79 Å². The molecule has 5 rings (SSSR count). The van der Waals surface area contributed by atoms with Crippen LogP contribution < -0.4 is 5.73 Å². The van der Waals surface area contributed by atoms with E-state index in [1.54, 1.807) is 7.11 Å². The van der Waals surface area contributed by atoms with Crippen molar-refractivity contribution >= 4 is 45.0 Å². The molecule has 3 aromatic carbocycles. The van der Waals surface area contributed by atoms with Crippen LogP contribution in [0.5, 0.6) is 0 Å². The average Bonchev–Trinajstić information content (AvgIpc) is 2.84. The molecule has 0 aliphatic carbocycles. The molecule has 7 nitrogen and oxygen atoms in total. The molecule has 2 atom stereocenters. The molecule has 1 aromatic heterocycles. The minimum Gasteiger partial charge on any atom is -0.383 e. The van der Waals surface area contributed by atoms with Crippen molar-refractivity contribution in [1.82, 2.24) is 19.8 Å². The molecule has 0 saturated carbocycles. The summed E-state index contributed by atoms with van der Waals surface area (Å²) in [6, 6.07) is 18.2. The first-order chi connectivity index (χ1) is 16.9. The van der Waals surface area contributed by atoms with Crippen LogP contribution in [0.15, 0.2) is 60.9 Å². The third-order valence-corrected chi connectivity index (χ3v) is 6.97. The zero-order chi connectivity index (χ0) is 24.5. The number of amides is 1. The van der Waals surface area contributed by atoms with Gasteiger partial charge in [-0.15, -0.1) is 0 Å². The maximum atomic E-state index is 13.2. The van der Waals surface area contributed by atoms with Crippen molar-refractivity contribution in [2.45, 2.75) is 32.2 Å². The van der Waals surface area contributed by atoms with Crippen LogP contribution in [-0.4, -0.2) is 58.1 Å². The van der Waals surface area contributed by atoms with Gasteiger partial charge >= 0.3 is 0 Å². The van der Waals surface area contributed by atoms with Gasteiger partial charge in [0.05, 0.1) is 12.1 Å². The molecule has 35 heavy (non-hydrogen) atoms. The monoisotopic (exact) mass is 489 g/mol. The number of benzene rings is 3. The minimum absolute atomic E-state index is 0.0406. The largest absolute Gasteiger partial charge is 0.383 e. The number of nitrogens with zero attached hydrogens (tertiary/aromatic N) is 4. The molecule has 1 amide bonds. The Balaban J connectivity index is 1.28. The number of methoxy groups -OCH3 is 1. The van der Waals surface area contributed by atoms with Gasteiger partial charge in [-0.1, -0.05) is 41.9 Å². The standard InChI is InChI=1S/C27H28ClN5O2/c1-17-13-32(26(35-2)11-18-3-5-21-12-22(28)7-6-20(21)9-18)15-25(34)33(17)14-19-4-8-23-24(10-19)30-16-31-27(23)29/h3-10,12,16-17,26H,11,13-15H2,1-2H3,(H2,29,30,31)/t17-,26+/m1/s1. The Morgan fingerprint density at radius 2 is 1.86 bits per heavy atom. The smallest absolute Gasteiger partial charge is 0.237 e. The lowest BCUT2D eigenvalue weighted by atomic mass is 10.0. The van der Waals surface area contributed by atoms with E-state index >= 15 is 0 Å². The highest BCUT2D eigenvalue weighted by atomic mass is 35.5. The fourth-order valence-electron chi connectivity index (χ4n) is 4.85. The van der Waals surface area contributed by atoms with Crippen LogP contribution in [0.25, 0.3) is 21.7 Å². The molecule has 4 aromatic rings. The summed E-state index contributed by atoms with van der Waals surface area (Å²) in [5.74, 6) is 0.543. The highest BCUT2D eigenvalue weighted by Crippen LogP contribution is 2.24. The van der Waals surface area contributed by atoms with Crippen molar-refractivity contribution in [2.24, 2.45) is 0 Å². The molecule has 1 fully saturated rings. The Kier molecular flexibility index (Phi) is 6.56. The van der Waals surface area contributed by atoms with Crippen molar-refractivity contribution in [1.29, 1.82) is 0 Å². The first-order valence-corrected chi connectivity index (χ1v) is 12.0. The summed E-state index contributed by atoms with van der Waals surface area (Å²) in [5.41, 5.74) is 8.90. The zero-order valence-electron chi connectivity index (χ0n) is 19.8. The predicted molar refractivity (Wildman–Crippen MR) is 139 cm³/mol. The van der Waals surface area contributed by atoms with Gasteiger partial charge < -0.3 is 15.4 Å². The molecule has 2 N–H and O–H groups in total. The number of carbonyl (C=O) groups is 1. The molecule has 0 bridgehead atoms. The molecule has 0 unspecified atom stereocenters. The molecule has 1 aliphatic rings. The lowest BCUT2D eigenvalue weighted by molar-refractivity contribution is -0.148. The zero-order valence-corrected chi connectivity index (χ0v) is 20.6. The number of carbonyl (C=O) groups excluding carboxylic acids is 1. The second-order valence-electron chi connectivity index (χ2n) is 9.13. The molecule has 1 saturated heterocycles. The third-order valence-electron chi connectivity index (χ3n) is 6.73. The number of ether oxygens (including phenoxy) is 1. The topological polar surface area (TPSA) is 84.6 Å². The van der Waals surface area contributed by atoms with E-state index in [1.165, 1.54) is 6.33 Å². The van der Waals surface area contributed by atoms with Crippen molar-refractivity contribution in [3.05, 3.63) is 77.1 Å². The molecule has 0 spiro atoms. The number of piperazine rings is 1. The average molecular weight is 490 g/mol. The number of rotatable bonds is 6. The number of nitrogens with two attached hydrogens (primary N) is 1. The van der Waals surface area contributed by atoms with E-state index in [2.05, 4.69) is 40.0 Å². The highest BCUT2D eigenvalue weighted by molar-refractivity contribution is 6.31. The Morgan fingerprint density at radius 1 is 1.09 bits per heavy atom. The Bertz CT molecular complexity index is 1390. The second kappa shape index (κ2) is 9.77. The Morgan fingerprint density at radius 3 is 2.66 bits per heavy atom. The number of halogens is 1. The summed E-state index contributed by atoms with van der Waals surface area (Å²) < 4.78 is 5.84. The van der Waals surface area contributed by atoms with Crippen LogP contribution in [0.1, 0.15) is 18.1 Å². The van der Waals surface area contributed by atoms with Crippen LogP contribution in [0, 0.1) is 0 Å². The van der Waals surface area contributed by atoms with E-state index in [-0.39, 0.29) is 18.2 Å². The van der Waals surface area contributed by atoms with Crippen LogP contribution in [0.2, 0.25) is 5.02 Å². The molecule has 2 heterocycles. The molecule has 1 aliphatic heterocycles. The summed E-state index contributed by atoms with van der Waals surface area (Å²) in [5, 5.41) is 3.79. The first-order valence-electron chi connectivity index (χ1n) is 11.6. The van der Waals surface area contributed by atoms with Gasteiger partial charge in [0.25, 0.3) is 0 Å². The highest BCUT2D eigenvalue weighted by Gasteiger charge is 2.33. The van der Waals surface area contributed by atoms with E-state index < -0.39 is 0 Å². The van der Waals surface area contributed by atoms with Gasteiger partial charge in [0.1, 0.15) is 18.4 Å². The summed E-state index contributed by atoms with van der Waals surface area (Å²) in [6.45, 7) is 3.65. The van der Waals surface area contributed by atoms with E-state index in [0.717, 1.165) is 44.4 Å². The molecule has 0 radical (unpaired) electrons. The second-order valence-corrected chi connectivity index (χ2v) is 9.57. The van der Waals surface area contributed by atoms with Crippen molar-refractivity contribution in [2.75, 3.05) is 25.9 Å². The summed E-state index contributed by atoms with van der Waals surface area (Å²) in [4.78, 5) is 25.6. The van der Waals surface area contributed by atoms with Gasteiger partial charge in [-0.3, -0.25) is 9.69 Å². The van der Waals surface area contributed by atoms with E-state index in [0.29, 0.717) is 25.3 Å². The number of fused-ring (bicyclic) bond motifs is 2. The van der Waals surface area contributed by atoms with Crippen LogP contribution >= 0.6 is 11.6 Å². The maximum Gasteiger partial charge on any atom is 0.237 e. The normalized spacial score (nSPS) is 17.9. The quantitative estimate of drug-likeness (QED) is 0.435. The number of nitrogen functional groups attached to an aromatic ring is 1. The number of hydrogen-bond acceptors (Lipinski definition) is 6.